The molecule has 0 saturated carbocycles. The minimum atomic E-state index is -0.377. The van der Waals surface area contributed by atoms with E-state index < -0.39 is 0 Å². The molecule has 0 radical (unpaired) electrons. The van der Waals surface area contributed by atoms with Gasteiger partial charge >= 0.3 is 6.08 Å². The lowest BCUT2D eigenvalue weighted by molar-refractivity contribution is 0.304. The molecule has 0 unspecified atom stereocenters. The molecule has 4 aromatic rings. The fourth-order valence-corrected chi connectivity index (χ4v) is 2.70. The summed E-state index contributed by atoms with van der Waals surface area (Å²) in [6, 6.07) is 22.3. The highest BCUT2D eigenvalue weighted by Gasteiger charge is 2.10. The average Bonchev–Trinajstić information content (AvgIpc) is 2.69. The number of nitrogens with zero attached hydrogens (tertiary/aromatic N) is 1. The van der Waals surface area contributed by atoms with Crippen LogP contribution < -0.4 is 15.0 Å². The molecule has 0 aliphatic rings. The molecule has 5 heteroatoms. The fourth-order valence-electron chi connectivity index (χ4n) is 2.70. The first-order valence-electron chi connectivity index (χ1n) is 8.54. The van der Waals surface area contributed by atoms with Crippen LogP contribution in [0.3, 0.4) is 0 Å². The maximum Gasteiger partial charge on any atom is 0.403 e. The van der Waals surface area contributed by atoms with Crippen LogP contribution in [0.25, 0.3) is 11.0 Å². The third kappa shape index (κ3) is 3.82. The first kappa shape index (κ1) is 16.8. The normalized spacial score (nSPS) is 10.7. The molecule has 0 bridgehead atoms. The van der Waals surface area contributed by atoms with E-state index in [4.69, 9.17) is 13.9 Å². The second kappa shape index (κ2) is 7.33. The quantitative estimate of drug-likeness (QED) is 0.509. The third-order valence-electron chi connectivity index (χ3n) is 4.10. The van der Waals surface area contributed by atoms with Gasteiger partial charge in [-0.05, 0) is 48.4 Å². The van der Waals surface area contributed by atoms with Crippen molar-refractivity contribution in [3.63, 3.8) is 0 Å². The van der Waals surface area contributed by atoms with Gasteiger partial charge in [-0.2, -0.15) is 0 Å². The topological polar surface area (TPSA) is 61.6 Å². The van der Waals surface area contributed by atoms with E-state index in [1.165, 1.54) is 0 Å². The van der Waals surface area contributed by atoms with Crippen molar-refractivity contribution in [3.05, 3.63) is 94.3 Å². The standard InChI is InChI=1S/C22H17NO4/c1-15-6-5-9-19-20(15)27-22(23-21(19)24)26-18-12-10-17(11-13-18)25-14-16-7-3-2-4-8-16/h2-13H,14H2,1H3. The van der Waals surface area contributed by atoms with Crippen LogP contribution in [-0.2, 0) is 6.61 Å². The Morgan fingerprint density at radius 3 is 2.41 bits per heavy atom. The van der Waals surface area contributed by atoms with E-state index in [0.29, 0.717) is 23.3 Å². The van der Waals surface area contributed by atoms with Gasteiger partial charge in [-0.15, -0.1) is 4.98 Å². The Morgan fingerprint density at radius 1 is 0.889 bits per heavy atom. The molecule has 3 aromatic carbocycles. The summed E-state index contributed by atoms with van der Waals surface area (Å²) in [7, 11) is 0. The largest absolute Gasteiger partial charge is 0.489 e. The molecule has 27 heavy (non-hydrogen) atoms. The van der Waals surface area contributed by atoms with E-state index in [9.17, 15) is 4.79 Å². The van der Waals surface area contributed by atoms with Crippen molar-refractivity contribution in [2.75, 3.05) is 0 Å². The van der Waals surface area contributed by atoms with Gasteiger partial charge in [-0.3, -0.25) is 4.79 Å². The van der Waals surface area contributed by atoms with Crippen molar-refractivity contribution in [1.29, 1.82) is 0 Å². The zero-order valence-corrected chi connectivity index (χ0v) is 14.7. The Balaban J connectivity index is 1.49. The molecule has 1 heterocycles. The van der Waals surface area contributed by atoms with Gasteiger partial charge in [0.1, 0.15) is 23.7 Å². The van der Waals surface area contributed by atoms with E-state index >= 15 is 0 Å². The lowest BCUT2D eigenvalue weighted by atomic mass is 10.2. The van der Waals surface area contributed by atoms with E-state index in [0.717, 1.165) is 16.9 Å². The number of fused-ring (bicyclic) bond motifs is 1. The molecular formula is C22H17NO4. The zero-order valence-electron chi connectivity index (χ0n) is 14.7. The van der Waals surface area contributed by atoms with Crippen LogP contribution in [-0.4, -0.2) is 4.98 Å². The average molecular weight is 359 g/mol. The minimum absolute atomic E-state index is 0.0836. The highest BCUT2D eigenvalue weighted by molar-refractivity contribution is 5.78. The Kier molecular flexibility index (Phi) is 4.58. The van der Waals surface area contributed by atoms with Gasteiger partial charge < -0.3 is 13.9 Å². The molecule has 1 aromatic heterocycles. The number of rotatable bonds is 5. The molecule has 0 fully saturated rings. The SMILES string of the molecule is Cc1cccc2c(=O)nc(Oc3ccc(OCc4ccccc4)cc3)oc12. The molecular weight excluding hydrogens is 342 g/mol. The molecule has 0 aliphatic carbocycles. The number of para-hydroxylation sites is 1. The van der Waals surface area contributed by atoms with E-state index in [-0.39, 0.29) is 11.6 Å². The third-order valence-corrected chi connectivity index (χ3v) is 4.10. The van der Waals surface area contributed by atoms with Gasteiger partial charge in [0.15, 0.2) is 0 Å². The highest BCUT2D eigenvalue weighted by atomic mass is 16.6. The monoisotopic (exact) mass is 359 g/mol. The van der Waals surface area contributed by atoms with Gasteiger partial charge in [0.25, 0.3) is 5.56 Å². The Labute approximate surface area is 155 Å². The molecule has 5 nitrogen and oxygen atoms in total. The predicted octanol–water partition coefficient (Wildman–Crippen LogP) is 4.87. The first-order chi connectivity index (χ1) is 13.2. The Morgan fingerprint density at radius 2 is 1.63 bits per heavy atom. The maximum atomic E-state index is 12.1. The van der Waals surface area contributed by atoms with Crippen LogP contribution >= 0.6 is 0 Å². The highest BCUT2D eigenvalue weighted by Crippen LogP contribution is 2.25. The molecule has 4 rings (SSSR count). The lowest BCUT2D eigenvalue weighted by Crippen LogP contribution is -2.07. The van der Waals surface area contributed by atoms with Crippen LogP contribution in [0.15, 0.2) is 82.0 Å². The summed E-state index contributed by atoms with van der Waals surface area (Å²) >= 11 is 0. The van der Waals surface area contributed by atoms with E-state index in [1.54, 1.807) is 36.4 Å². The minimum Gasteiger partial charge on any atom is -0.489 e. The lowest BCUT2D eigenvalue weighted by Gasteiger charge is -2.08. The summed E-state index contributed by atoms with van der Waals surface area (Å²) in [4.78, 5) is 16.0. The number of benzene rings is 3. The Hall–Kier alpha value is -3.60. The summed E-state index contributed by atoms with van der Waals surface area (Å²) in [6.45, 7) is 2.36. The van der Waals surface area contributed by atoms with Crippen LogP contribution in [0, 0.1) is 6.92 Å². The van der Waals surface area contributed by atoms with Crippen molar-refractivity contribution in [1.82, 2.24) is 4.98 Å². The predicted molar refractivity (Wildman–Crippen MR) is 102 cm³/mol. The summed E-state index contributed by atoms with van der Waals surface area (Å²) in [6.07, 6.45) is -0.0836. The summed E-state index contributed by atoms with van der Waals surface area (Å²) in [5.41, 5.74) is 2.05. The number of hydrogen-bond acceptors (Lipinski definition) is 5. The molecule has 0 saturated heterocycles. The summed E-state index contributed by atoms with van der Waals surface area (Å²) in [5, 5.41) is 0.437. The van der Waals surface area contributed by atoms with Gasteiger partial charge in [-0.25, -0.2) is 0 Å². The van der Waals surface area contributed by atoms with Crippen molar-refractivity contribution >= 4 is 11.0 Å². The molecule has 0 spiro atoms. The first-order valence-corrected chi connectivity index (χ1v) is 8.54. The van der Waals surface area contributed by atoms with Gasteiger partial charge in [0.05, 0.1) is 5.39 Å². The summed E-state index contributed by atoms with van der Waals surface area (Å²) < 4.78 is 17.0. The van der Waals surface area contributed by atoms with Crippen LogP contribution in [0.4, 0.5) is 0 Å². The van der Waals surface area contributed by atoms with Crippen LogP contribution in [0.5, 0.6) is 17.6 Å². The van der Waals surface area contributed by atoms with Crippen LogP contribution in [0.2, 0.25) is 0 Å². The summed E-state index contributed by atoms with van der Waals surface area (Å²) in [5.74, 6) is 1.22. The zero-order chi connectivity index (χ0) is 18.6. The van der Waals surface area contributed by atoms with Crippen molar-refractivity contribution < 1.29 is 13.9 Å². The van der Waals surface area contributed by atoms with E-state index in [1.807, 2.05) is 43.3 Å². The van der Waals surface area contributed by atoms with Crippen molar-refractivity contribution in [3.8, 4) is 17.6 Å². The van der Waals surface area contributed by atoms with Crippen molar-refractivity contribution in [2.45, 2.75) is 13.5 Å². The van der Waals surface area contributed by atoms with E-state index in [2.05, 4.69) is 4.98 Å². The Bertz CT molecular complexity index is 1120. The van der Waals surface area contributed by atoms with Crippen molar-refractivity contribution in [2.24, 2.45) is 0 Å². The fraction of sp³-hybridized carbons (Fsp3) is 0.0909. The second-order valence-electron chi connectivity index (χ2n) is 6.08. The molecule has 134 valence electrons. The molecule has 0 atom stereocenters. The number of hydrogen-bond donors (Lipinski definition) is 0. The number of aromatic nitrogens is 1. The number of aryl methyl sites for hydroxylation is 1. The van der Waals surface area contributed by atoms with Gasteiger partial charge in [0.2, 0.25) is 0 Å². The molecule has 0 aliphatic heterocycles. The van der Waals surface area contributed by atoms with Gasteiger partial charge in [0, 0.05) is 0 Å². The maximum absolute atomic E-state index is 12.1. The van der Waals surface area contributed by atoms with Crippen LogP contribution in [0.1, 0.15) is 11.1 Å². The molecule has 0 amide bonds. The second-order valence-corrected chi connectivity index (χ2v) is 6.08. The molecule has 0 N–H and O–H groups in total. The smallest absolute Gasteiger partial charge is 0.403 e. The van der Waals surface area contributed by atoms with Gasteiger partial charge in [-0.1, -0.05) is 42.5 Å². The number of ether oxygens (including phenoxy) is 2.